The molecule has 0 unspecified atom stereocenters. The minimum Gasteiger partial charge on any atom is -0.329 e. The van der Waals surface area contributed by atoms with Crippen molar-refractivity contribution in [3.63, 3.8) is 0 Å². The summed E-state index contributed by atoms with van der Waals surface area (Å²) in [4.78, 5) is 29.4. The van der Waals surface area contributed by atoms with Gasteiger partial charge in [-0.15, -0.1) is 0 Å². The number of hydrogen-bond acceptors (Lipinski definition) is 5. The van der Waals surface area contributed by atoms with E-state index >= 15 is 0 Å². The van der Waals surface area contributed by atoms with Gasteiger partial charge < -0.3 is 5.32 Å². The zero-order valence-electron chi connectivity index (χ0n) is 16.2. The number of ketones is 1. The number of fused-ring (bicyclic) bond motifs is 3. The van der Waals surface area contributed by atoms with Crippen LogP contribution in [0.2, 0.25) is 0 Å². The highest BCUT2D eigenvalue weighted by atomic mass is 16.6. The Bertz CT molecular complexity index is 1220. The number of nitrogens with one attached hydrogen (secondary N) is 1. The lowest BCUT2D eigenvalue weighted by atomic mass is 9.73. The van der Waals surface area contributed by atoms with Crippen molar-refractivity contribution in [2.24, 2.45) is 5.41 Å². The number of benzene rings is 2. The number of Topliss-reactive ketones (excluding diaryl/α,β-unsaturated/α-hetero) is 1. The predicted octanol–water partition coefficient (Wildman–Crippen LogP) is 4.60. The summed E-state index contributed by atoms with van der Waals surface area (Å²) in [6.45, 7) is 4.13. The Hall–Kier alpha value is -3.48. The minimum atomic E-state index is -0.584. The third-order valence-corrected chi connectivity index (χ3v) is 5.74. The van der Waals surface area contributed by atoms with E-state index in [1.165, 1.54) is 6.07 Å². The van der Waals surface area contributed by atoms with E-state index in [1.54, 1.807) is 18.2 Å². The Balaban J connectivity index is 1.84. The van der Waals surface area contributed by atoms with Gasteiger partial charge in [-0.2, -0.15) is 0 Å². The van der Waals surface area contributed by atoms with Gasteiger partial charge in [0.05, 0.1) is 27.6 Å². The van der Waals surface area contributed by atoms with E-state index < -0.39 is 6.04 Å². The first kappa shape index (κ1) is 17.6. The summed E-state index contributed by atoms with van der Waals surface area (Å²) in [6, 6.07) is 13.7. The molecule has 3 aromatic rings. The maximum atomic E-state index is 13.3. The topological polar surface area (TPSA) is 90.1 Å². The number of nitrogens with zero attached hydrogens (tertiary/aromatic N) is 3. The number of carbonyl (C=O) groups is 1. The van der Waals surface area contributed by atoms with Crippen LogP contribution in [0.25, 0.3) is 11.0 Å². The molecule has 2 aliphatic rings. The molecule has 2 aromatic carbocycles. The summed E-state index contributed by atoms with van der Waals surface area (Å²) in [5, 5.41) is 15.2. The van der Waals surface area contributed by atoms with Crippen LogP contribution < -0.4 is 5.32 Å². The molecule has 0 spiro atoms. The molecular formula is C22H20N4O3. The molecule has 0 fully saturated rings. The van der Waals surface area contributed by atoms with Crippen LogP contribution in [-0.4, -0.2) is 20.3 Å². The fraction of sp³-hybridized carbons (Fsp3) is 0.273. The fourth-order valence-electron chi connectivity index (χ4n) is 4.60. The Morgan fingerprint density at radius 2 is 1.86 bits per heavy atom. The average molecular weight is 388 g/mol. The summed E-state index contributed by atoms with van der Waals surface area (Å²) in [6.07, 6.45) is 1.10. The van der Waals surface area contributed by atoms with Crippen LogP contribution >= 0.6 is 0 Å². The summed E-state index contributed by atoms with van der Waals surface area (Å²) < 4.78 is 1.92. The number of carbonyl (C=O) groups excluding carboxylic acids is 1. The van der Waals surface area contributed by atoms with Crippen LogP contribution in [0.1, 0.15) is 38.3 Å². The van der Waals surface area contributed by atoms with Crippen molar-refractivity contribution < 1.29 is 9.72 Å². The molecular weight excluding hydrogens is 368 g/mol. The second-order valence-electron chi connectivity index (χ2n) is 8.47. The van der Waals surface area contributed by atoms with E-state index in [0.29, 0.717) is 29.9 Å². The number of aromatic nitrogens is 2. The maximum Gasteiger partial charge on any atom is 0.275 e. The highest BCUT2D eigenvalue weighted by molar-refractivity contribution is 6.01. The fourth-order valence-corrected chi connectivity index (χ4v) is 4.60. The van der Waals surface area contributed by atoms with Crippen molar-refractivity contribution in [3.8, 4) is 0 Å². The summed E-state index contributed by atoms with van der Waals surface area (Å²) in [5.41, 5.74) is 3.38. The molecule has 0 saturated heterocycles. The van der Waals surface area contributed by atoms with Gasteiger partial charge in [0.25, 0.3) is 5.69 Å². The SMILES string of the molecule is CC1(C)CC(=O)C2=C(C1)Nc1nc3ccccc3n1[C@@H]2c1ccccc1[N+](=O)[O-]. The lowest BCUT2D eigenvalue weighted by molar-refractivity contribution is -0.385. The standard InChI is InChI=1S/C22H20N4O3/c1-22(2)11-15-19(18(27)12-22)20(13-7-3-5-9-16(13)26(28)29)25-17-10-6-4-8-14(17)23-21(25)24-15/h3-10,20H,11-12H2,1-2H3,(H,23,24)/t20-/m1/s1. The van der Waals surface area contributed by atoms with Gasteiger partial charge in [-0.25, -0.2) is 4.98 Å². The number of anilines is 1. The number of para-hydroxylation sites is 3. The summed E-state index contributed by atoms with van der Waals surface area (Å²) in [7, 11) is 0. The van der Waals surface area contributed by atoms with E-state index in [-0.39, 0.29) is 21.8 Å². The van der Waals surface area contributed by atoms with Crippen LogP contribution in [0.5, 0.6) is 0 Å². The monoisotopic (exact) mass is 388 g/mol. The molecule has 0 amide bonds. The van der Waals surface area contributed by atoms with Crippen LogP contribution in [-0.2, 0) is 4.79 Å². The van der Waals surface area contributed by atoms with E-state index in [1.807, 2.05) is 28.8 Å². The molecule has 1 atom stereocenters. The highest BCUT2D eigenvalue weighted by Crippen LogP contribution is 2.48. The number of allylic oxidation sites excluding steroid dienone is 2. The van der Waals surface area contributed by atoms with Gasteiger partial charge in [0.15, 0.2) is 5.78 Å². The van der Waals surface area contributed by atoms with Crippen molar-refractivity contribution in [2.75, 3.05) is 5.32 Å². The molecule has 7 nitrogen and oxygen atoms in total. The van der Waals surface area contributed by atoms with Crippen LogP contribution in [0.15, 0.2) is 59.8 Å². The van der Waals surface area contributed by atoms with Gasteiger partial charge in [-0.1, -0.05) is 38.1 Å². The third kappa shape index (κ3) is 2.65. The van der Waals surface area contributed by atoms with E-state index in [0.717, 1.165) is 16.7 Å². The second kappa shape index (κ2) is 6.01. The van der Waals surface area contributed by atoms with Crippen LogP contribution in [0, 0.1) is 15.5 Å². The first-order valence-electron chi connectivity index (χ1n) is 9.59. The van der Waals surface area contributed by atoms with Gasteiger partial charge in [0.2, 0.25) is 5.95 Å². The van der Waals surface area contributed by atoms with Gasteiger partial charge in [0.1, 0.15) is 0 Å². The molecule has 0 saturated carbocycles. The van der Waals surface area contributed by atoms with Crippen molar-refractivity contribution in [2.45, 2.75) is 32.7 Å². The maximum absolute atomic E-state index is 13.3. The molecule has 7 heteroatoms. The number of nitro benzene ring substituents is 1. The van der Waals surface area contributed by atoms with Crippen molar-refractivity contribution in [1.29, 1.82) is 0 Å². The van der Waals surface area contributed by atoms with E-state index in [2.05, 4.69) is 19.2 Å². The number of rotatable bonds is 2. The first-order valence-corrected chi connectivity index (χ1v) is 9.59. The summed E-state index contributed by atoms with van der Waals surface area (Å²) >= 11 is 0. The smallest absolute Gasteiger partial charge is 0.275 e. The molecule has 5 rings (SSSR count). The molecule has 29 heavy (non-hydrogen) atoms. The molecule has 146 valence electrons. The zero-order chi connectivity index (χ0) is 20.3. The number of hydrogen-bond donors (Lipinski definition) is 1. The van der Waals surface area contributed by atoms with Gasteiger partial charge >= 0.3 is 0 Å². The van der Waals surface area contributed by atoms with Gasteiger partial charge in [0, 0.05) is 23.8 Å². The second-order valence-corrected chi connectivity index (χ2v) is 8.47. The van der Waals surface area contributed by atoms with E-state index in [4.69, 9.17) is 4.98 Å². The normalized spacial score (nSPS) is 20.2. The quantitative estimate of drug-likeness (QED) is 0.512. The zero-order valence-corrected chi connectivity index (χ0v) is 16.2. The van der Waals surface area contributed by atoms with E-state index in [9.17, 15) is 14.9 Å². The summed E-state index contributed by atoms with van der Waals surface area (Å²) in [5.74, 6) is 0.633. The minimum absolute atomic E-state index is 0.00705. The Kier molecular flexibility index (Phi) is 3.65. The van der Waals surface area contributed by atoms with Crippen molar-refractivity contribution in [1.82, 2.24) is 9.55 Å². The molecule has 1 aliphatic carbocycles. The van der Waals surface area contributed by atoms with Crippen LogP contribution in [0.3, 0.4) is 0 Å². The molecule has 2 heterocycles. The van der Waals surface area contributed by atoms with Gasteiger partial charge in [-0.3, -0.25) is 19.5 Å². The lowest BCUT2D eigenvalue weighted by Crippen LogP contribution is -2.36. The molecule has 1 aliphatic heterocycles. The molecule has 1 aromatic heterocycles. The Labute approximate surface area is 167 Å². The molecule has 0 radical (unpaired) electrons. The average Bonchev–Trinajstić information content (AvgIpc) is 3.03. The molecule has 0 bridgehead atoms. The third-order valence-electron chi connectivity index (χ3n) is 5.74. The number of imidazole rings is 1. The highest BCUT2D eigenvalue weighted by Gasteiger charge is 2.43. The lowest BCUT2D eigenvalue weighted by Gasteiger charge is -2.39. The van der Waals surface area contributed by atoms with Crippen LogP contribution in [0.4, 0.5) is 11.6 Å². The largest absolute Gasteiger partial charge is 0.329 e. The number of nitro groups is 1. The molecule has 1 N–H and O–H groups in total. The first-order chi connectivity index (χ1) is 13.9. The van der Waals surface area contributed by atoms with Crippen molar-refractivity contribution >= 4 is 28.5 Å². The van der Waals surface area contributed by atoms with Crippen molar-refractivity contribution in [3.05, 3.63) is 75.5 Å². The Morgan fingerprint density at radius 1 is 1.14 bits per heavy atom. The Morgan fingerprint density at radius 3 is 2.66 bits per heavy atom. The predicted molar refractivity (Wildman–Crippen MR) is 110 cm³/mol. The van der Waals surface area contributed by atoms with Gasteiger partial charge in [-0.05, 0) is 30.0 Å².